The molecule has 0 aromatic heterocycles. The molecule has 0 aromatic carbocycles. The van der Waals surface area contributed by atoms with Gasteiger partial charge in [0.25, 0.3) is 0 Å². The minimum atomic E-state index is 0.406. The second-order valence-electron chi connectivity index (χ2n) is 3.52. The van der Waals surface area contributed by atoms with Crippen LogP contribution in [-0.4, -0.2) is 63.3 Å². The van der Waals surface area contributed by atoms with Crippen molar-refractivity contribution in [2.24, 2.45) is 0 Å². The number of morpholine rings is 1. The molecule has 0 aromatic rings. The predicted molar refractivity (Wildman–Crippen MR) is 57.1 cm³/mol. The van der Waals surface area contributed by atoms with E-state index >= 15 is 0 Å². The van der Waals surface area contributed by atoms with Crippen molar-refractivity contribution >= 4 is 0 Å². The fraction of sp³-hybridized carbons (Fsp3) is 1.00. The van der Waals surface area contributed by atoms with Crippen molar-refractivity contribution in [3.8, 4) is 0 Å². The van der Waals surface area contributed by atoms with Gasteiger partial charge in [0.05, 0.1) is 12.7 Å². The van der Waals surface area contributed by atoms with Gasteiger partial charge in [0.1, 0.15) is 0 Å². The highest BCUT2D eigenvalue weighted by Crippen LogP contribution is 2.02. The van der Waals surface area contributed by atoms with Gasteiger partial charge in [-0.15, -0.1) is 0 Å². The molecule has 1 saturated heterocycles. The van der Waals surface area contributed by atoms with Crippen molar-refractivity contribution in [1.29, 1.82) is 0 Å². The average molecular weight is 188 g/mol. The summed E-state index contributed by atoms with van der Waals surface area (Å²) in [6, 6.07) is 0. The lowest BCUT2D eigenvalue weighted by atomic mass is 10.3. The van der Waals surface area contributed by atoms with Gasteiger partial charge in [-0.2, -0.15) is 0 Å². The first-order chi connectivity index (χ1) is 6.18. The molecule has 0 saturated carbocycles. The molecule has 0 aliphatic carbocycles. The molecule has 13 heavy (non-hydrogen) atoms. The Hall–Kier alpha value is -0.120. The number of nitrogens with zero attached hydrogens (tertiary/aromatic N) is 2. The number of hydrogen-bond donors (Lipinski definition) is 0. The summed E-state index contributed by atoms with van der Waals surface area (Å²) >= 11 is 0. The molecule has 1 heterocycles. The van der Waals surface area contributed by atoms with Gasteiger partial charge in [0, 0.05) is 19.6 Å². The highest BCUT2D eigenvalue weighted by Gasteiger charge is 2.17. The van der Waals surface area contributed by atoms with Crippen LogP contribution in [0.25, 0.3) is 0 Å². The number of likely N-dealkylation sites (N-methyl/N-ethyl adjacent to an activating group) is 2. The summed E-state index contributed by atoms with van der Waals surface area (Å²) in [5.74, 6) is 0. The van der Waals surface area contributed by atoms with E-state index in [4.69, 9.17) is 4.74 Å². The molecule has 1 atom stereocenters. The van der Waals surface area contributed by atoms with E-state index in [2.05, 4.69) is 30.9 Å². The van der Waals surface area contributed by atoms with Gasteiger partial charge in [-0.3, -0.25) is 0 Å². The summed E-state index contributed by atoms with van der Waals surface area (Å²) in [7, 11) is 6.31. The van der Waals surface area contributed by atoms with E-state index in [0.717, 1.165) is 26.2 Å². The van der Waals surface area contributed by atoms with Crippen LogP contribution in [0.3, 0.4) is 0 Å². The zero-order valence-corrected chi connectivity index (χ0v) is 9.71. The first-order valence-electron chi connectivity index (χ1n) is 5.13. The Balaban J connectivity index is 0.000000671. The predicted octanol–water partition coefficient (Wildman–Crippen LogP) is 0.905. The fourth-order valence-corrected chi connectivity index (χ4v) is 1.38. The summed E-state index contributed by atoms with van der Waals surface area (Å²) in [5, 5.41) is 0. The third-order valence-corrected chi connectivity index (χ3v) is 1.91. The summed E-state index contributed by atoms with van der Waals surface area (Å²) in [5.41, 5.74) is 0. The van der Waals surface area contributed by atoms with E-state index in [1.807, 2.05) is 13.8 Å². The normalized spacial score (nSPS) is 24.0. The molecule has 1 unspecified atom stereocenters. The van der Waals surface area contributed by atoms with E-state index in [0.29, 0.717) is 6.10 Å². The molecule has 0 spiro atoms. The van der Waals surface area contributed by atoms with Crippen LogP contribution in [0.15, 0.2) is 0 Å². The van der Waals surface area contributed by atoms with Gasteiger partial charge in [0.15, 0.2) is 0 Å². The molecule has 1 rings (SSSR count). The van der Waals surface area contributed by atoms with Crippen LogP contribution in [0.5, 0.6) is 0 Å². The molecule has 0 N–H and O–H groups in total. The maximum atomic E-state index is 5.58. The van der Waals surface area contributed by atoms with Crippen molar-refractivity contribution in [3.05, 3.63) is 0 Å². The Morgan fingerprint density at radius 2 is 2.00 bits per heavy atom. The summed E-state index contributed by atoms with van der Waals surface area (Å²) in [6.45, 7) is 8.06. The Morgan fingerprint density at radius 3 is 2.46 bits per heavy atom. The lowest BCUT2D eigenvalue weighted by molar-refractivity contribution is -0.0297. The molecule has 1 aliphatic rings. The van der Waals surface area contributed by atoms with Crippen LogP contribution in [0, 0.1) is 0 Å². The highest BCUT2D eigenvalue weighted by atomic mass is 16.5. The molecule has 80 valence electrons. The third kappa shape index (κ3) is 6.02. The van der Waals surface area contributed by atoms with Crippen LogP contribution in [0.1, 0.15) is 13.8 Å². The number of hydrogen-bond acceptors (Lipinski definition) is 3. The quantitative estimate of drug-likeness (QED) is 0.640. The van der Waals surface area contributed by atoms with E-state index in [9.17, 15) is 0 Å². The molecule has 3 heteroatoms. The zero-order chi connectivity index (χ0) is 10.3. The van der Waals surface area contributed by atoms with Gasteiger partial charge >= 0.3 is 0 Å². The lowest BCUT2D eigenvalue weighted by Gasteiger charge is -2.31. The van der Waals surface area contributed by atoms with Crippen molar-refractivity contribution in [2.45, 2.75) is 20.0 Å². The minimum absolute atomic E-state index is 0.406. The highest BCUT2D eigenvalue weighted by molar-refractivity contribution is 4.70. The summed E-state index contributed by atoms with van der Waals surface area (Å²) < 4.78 is 5.58. The van der Waals surface area contributed by atoms with Gasteiger partial charge in [-0.1, -0.05) is 13.8 Å². The Labute approximate surface area is 82.7 Å². The van der Waals surface area contributed by atoms with Crippen LogP contribution in [0.2, 0.25) is 0 Å². The van der Waals surface area contributed by atoms with Crippen LogP contribution >= 0.6 is 0 Å². The molecule has 3 nitrogen and oxygen atoms in total. The lowest BCUT2D eigenvalue weighted by Crippen LogP contribution is -2.44. The Bertz CT molecular complexity index is 115. The molecule has 0 amide bonds. The third-order valence-electron chi connectivity index (χ3n) is 1.91. The first-order valence-corrected chi connectivity index (χ1v) is 5.13. The summed E-state index contributed by atoms with van der Waals surface area (Å²) in [4.78, 5) is 4.49. The van der Waals surface area contributed by atoms with Crippen molar-refractivity contribution in [2.75, 3.05) is 47.4 Å². The van der Waals surface area contributed by atoms with E-state index < -0.39 is 0 Å². The minimum Gasteiger partial charge on any atom is -0.374 e. The van der Waals surface area contributed by atoms with Crippen LogP contribution in [0.4, 0.5) is 0 Å². The molecular weight excluding hydrogens is 164 g/mol. The van der Waals surface area contributed by atoms with Crippen molar-refractivity contribution in [3.63, 3.8) is 0 Å². The van der Waals surface area contributed by atoms with E-state index in [-0.39, 0.29) is 0 Å². The van der Waals surface area contributed by atoms with E-state index in [1.54, 1.807) is 0 Å². The topological polar surface area (TPSA) is 15.7 Å². The second kappa shape index (κ2) is 7.30. The largest absolute Gasteiger partial charge is 0.374 e. The summed E-state index contributed by atoms with van der Waals surface area (Å²) in [6.07, 6.45) is 0.406. The van der Waals surface area contributed by atoms with Gasteiger partial charge in [-0.25, -0.2) is 0 Å². The standard InChI is InChI=1S/C8H18N2O.C2H6/c1-9(2)6-8-7-10(3)4-5-11-8;1-2/h8H,4-7H2,1-3H3;1-2H3. The van der Waals surface area contributed by atoms with Crippen molar-refractivity contribution in [1.82, 2.24) is 9.80 Å². The fourth-order valence-electron chi connectivity index (χ4n) is 1.38. The zero-order valence-electron chi connectivity index (χ0n) is 9.71. The Kier molecular flexibility index (Phi) is 7.23. The van der Waals surface area contributed by atoms with Gasteiger partial charge in [-0.05, 0) is 21.1 Å². The Morgan fingerprint density at radius 1 is 1.38 bits per heavy atom. The number of rotatable bonds is 2. The van der Waals surface area contributed by atoms with Crippen LogP contribution < -0.4 is 0 Å². The second-order valence-corrected chi connectivity index (χ2v) is 3.52. The smallest absolute Gasteiger partial charge is 0.0828 e. The maximum Gasteiger partial charge on any atom is 0.0828 e. The number of ether oxygens (including phenoxy) is 1. The van der Waals surface area contributed by atoms with E-state index in [1.165, 1.54) is 0 Å². The maximum absolute atomic E-state index is 5.58. The molecule has 1 fully saturated rings. The van der Waals surface area contributed by atoms with Crippen molar-refractivity contribution < 1.29 is 4.74 Å². The van der Waals surface area contributed by atoms with Gasteiger partial charge in [0.2, 0.25) is 0 Å². The SMILES string of the molecule is CC.CN(C)CC1CN(C)CCO1. The first kappa shape index (κ1) is 12.9. The average Bonchev–Trinajstić information content (AvgIpc) is 2.06. The van der Waals surface area contributed by atoms with Gasteiger partial charge < -0.3 is 14.5 Å². The van der Waals surface area contributed by atoms with Crippen LogP contribution in [-0.2, 0) is 4.74 Å². The monoisotopic (exact) mass is 188 g/mol. The molecule has 0 bridgehead atoms. The molecule has 0 radical (unpaired) electrons. The molecular formula is C10H24N2O. The molecule has 1 aliphatic heterocycles.